The first-order valence-corrected chi connectivity index (χ1v) is 25.1. The summed E-state index contributed by atoms with van der Waals surface area (Å²) in [6, 6.07) is 2.11. The second kappa shape index (κ2) is 25.5. The number of carbonyl (C=O) groups is 7. The topological polar surface area (TPSA) is 232 Å². The lowest BCUT2D eigenvalue weighted by molar-refractivity contribution is -0.161. The standard InChI is InChI=1S/C50H76N6O12S/c1-13-30(6)43(54-45(61)39-16-14-15-19-55(39)12)47(62)56(27-65-42(59)20-28(2)3)40(29(4)5)24-41(67-32(8)57)46-53-38(26-69-46)44(60)52-34-21-33-17-18-35(58)23-36(33)37(22-34)48(63)66-31(7)25-51-49(64)68-50(9,10)11/h17-18,23,26,28-31,34,37,39-41,43,58H,13-16,19-22,24-25,27H2,1-12H3,(H,51,64)(H,52,60)(H,54,61)/t30-,31?,34-,37+,39+,40+,41+,43-/m0/s1. The first-order valence-electron chi connectivity index (χ1n) is 24.3. The Morgan fingerprint density at radius 3 is 2.35 bits per heavy atom. The minimum atomic E-state index is -1.03. The van der Waals surface area contributed by atoms with Gasteiger partial charge in [-0.05, 0) is 108 Å². The number of amides is 4. The number of hydrogen-bond acceptors (Lipinski definition) is 15. The number of likely N-dealkylation sites (tertiary alicyclic amines) is 1. The SMILES string of the molecule is CC[C@H](C)[C@H](NC(=O)[C@H]1CCCCN1C)C(=O)N(COC(=O)CC(C)C)[C@H](C[C@@H](OC(C)=O)c1nc(C(=O)N[C@H]2Cc3ccc(O)cc3[C@H](C(=O)OC(C)CNC(=O)OC(C)(C)C)C2)cs1)C(C)C. The van der Waals surface area contributed by atoms with E-state index < -0.39 is 90.4 Å². The number of thiazole rings is 1. The van der Waals surface area contributed by atoms with Crippen LogP contribution in [0.1, 0.15) is 160 Å². The number of nitrogens with one attached hydrogen (secondary N) is 3. The number of fused-ring (bicyclic) bond motifs is 1. The molecule has 2 aromatic rings. The molecule has 1 aliphatic carbocycles. The Labute approximate surface area is 411 Å². The van der Waals surface area contributed by atoms with Gasteiger partial charge < -0.3 is 44.9 Å². The van der Waals surface area contributed by atoms with Gasteiger partial charge in [0.2, 0.25) is 11.8 Å². The van der Waals surface area contributed by atoms with E-state index in [0.29, 0.717) is 24.8 Å². The summed E-state index contributed by atoms with van der Waals surface area (Å²) in [6.45, 7) is 19.8. The maximum Gasteiger partial charge on any atom is 0.407 e. The quantitative estimate of drug-likeness (QED) is 0.0591. The van der Waals surface area contributed by atoms with Crippen LogP contribution in [0.25, 0.3) is 0 Å². The molecule has 1 unspecified atom stereocenters. The van der Waals surface area contributed by atoms with Gasteiger partial charge in [0, 0.05) is 37.2 Å². The molecular weight excluding hydrogens is 909 g/mol. The van der Waals surface area contributed by atoms with Gasteiger partial charge in [-0.25, -0.2) is 9.78 Å². The molecule has 2 heterocycles. The molecular formula is C50H76N6O12S. The molecule has 4 N–H and O–H groups in total. The molecule has 0 bridgehead atoms. The number of aromatic hydroxyl groups is 1. The van der Waals surface area contributed by atoms with Crippen LogP contribution in [-0.4, -0.2) is 124 Å². The fourth-order valence-corrected chi connectivity index (χ4v) is 9.44. The Balaban J connectivity index is 1.57. The van der Waals surface area contributed by atoms with Gasteiger partial charge in [0.25, 0.3) is 5.91 Å². The predicted octanol–water partition coefficient (Wildman–Crippen LogP) is 6.54. The molecule has 69 heavy (non-hydrogen) atoms. The predicted molar refractivity (Wildman–Crippen MR) is 259 cm³/mol. The Hall–Kier alpha value is -5.30. The van der Waals surface area contributed by atoms with E-state index in [4.69, 9.17) is 18.9 Å². The van der Waals surface area contributed by atoms with Crippen molar-refractivity contribution in [3.8, 4) is 5.75 Å². The van der Waals surface area contributed by atoms with Gasteiger partial charge in [0.05, 0.1) is 18.5 Å². The van der Waals surface area contributed by atoms with Gasteiger partial charge in [-0.15, -0.1) is 11.3 Å². The number of benzene rings is 1. The Bertz CT molecular complexity index is 2100. The maximum atomic E-state index is 14.9. The summed E-state index contributed by atoms with van der Waals surface area (Å²) in [5, 5.41) is 20.8. The van der Waals surface area contributed by atoms with Crippen molar-refractivity contribution in [1.82, 2.24) is 30.7 Å². The molecule has 2 aliphatic rings. The van der Waals surface area contributed by atoms with Gasteiger partial charge in [-0.1, -0.05) is 60.5 Å². The molecule has 4 amide bonds. The molecule has 0 spiro atoms. The van der Waals surface area contributed by atoms with Gasteiger partial charge >= 0.3 is 24.0 Å². The third-order valence-corrected chi connectivity index (χ3v) is 13.3. The van der Waals surface area contributed by atoms with Crippen LogP contribution in [0.5, 0.6) is 5.75 Å². The third kappa shape index (κ3) is 17.0. The highest BCUT2D eigenvalue weighted by Gasteiger charge is 2.40. The fraction of sp³-hybridized carbons (Fsp3) is 0.680. The number of phenolic OH excluding ortho intramolecular Hbond substituents is 1. The first-order chi connectivity index (χ1) is 32.4. The number of carbonyl (C=O) groups excluding carboxylic acids is 7. The summed E-state index contributed by atoms with van der Waals surface area (Å²) < 4.78 is 22.7. The summed E-state index contributed by atoms with van der Waals surface area (Å²) in [7, 11) is 1.90. The molecule has 4 rings (SSSR count). The Morgan fingerprint density at radius 2 is 1.72 bits per heavy atom. The maximum absolute atomic E-state index is 14.9. The highest BCUT2D eigenvalue weighted by molar-refractivity contribution is 7.09. The highest BCUT2D eigenvalue weighted by Crippen LogP contribution is 2.36. The van der Waals surface area contributed by atoms with Crippen molar-refractivity contribution in [2.24, 2.45) is 17.8 Å². The van der Waals surface area contributed by atoms with Crippen molar-refractivity contribution in [2.75, 3.05) is 26.9 Å². The van der Waals surface area contributed by atoms with E-state index in [9.17, 15) is 38.7 Å². The lowest BCUT2D eigenvalue weighted by Crippen LogP contribution is -2.59. The Morgan fingerprint density at radius 1 is 1.01 bits per heavy atom. The lowest BCUT2D eigenvalue weighted by atomic mass is 9.80. The second-order valence-corrected chi connectivity index (χ2v) is 21.2. The molecule has 19 heteroatoms. The average molecular weight is 985 g/mol. The Kier molecular flexibility index (Phi) is 20.8. The van der Waals surface area contributed by atoms with Crippen LogP contribution in [-0.2, 0) is 49.3 Å². The van der Waals surface area contributed by atoms with Gasteiger partial charge in [-0.2, -0.15) is 0 Å². The number of nitrogens with zero attached hydrogens (tertiary/aromatic N) is 3. The van der Waals surface area contributed by atoms with E-state index in [1.54, 1.807) is 39.1 Å². The van der Waals surface area contributed by atoms with Crippen LogP contribution in [0.3, 0.4) is 0 Å². The van der Waals surface area contributed by atoms with Gasteiger partial charge in [0.15, 0.2) is 12.8 Å². The molecule has 1 aromatic heterocycles. The molecule has 1 fully saturated rings. The fourth-order valence-electron chi connectivity index (χ4n) is 8.60. The number of ether oxygens (including phenoxy) is 4. The van der Waals surface area contributed by atoms with Crippen molar-refractivity contribution in [2.45, 2.75) is 175 Å². The first kappa shape index (κ1) is 56.3. The zero-order chi connectivity index (χ0) is 51.3. The summed E-state index contributed by atoms with van der Waals surface area (Å²) in [6.07, 6.45) is 1.32. The van der Waals surface area contributed by atoms with Crippen LogP contribution in [0, 0.1) is 17.8 Å². The summed E-state index contributed by atoms with van der Waals surface area (Å²) in [4.78, 5) is 102. The molecule has 384 valence electrons. The van der Waals surface area contributed by atoms with E-state index >= 15 is 0 Å². The smallest absolute Gasteiger partial charge is 0.407 e. The van der Waals surface area contributed by atoms with Crippen LogP contribution >= 0.6 is 11.3 Å². The van der Waals surface area contributed by atoms with E-state index in [1.807, 2.05) is 53.5 Å². The van der Waals surface area contributed by atoms with Crippen molar-refractivity contribution >= 4 is 53.1 Å². The number of alkyl carbamates (subject to hydrolysis) is 1. The van der Waals surface area contributed by atoms with E-state index in [1.165, 1.54) is 24.0 Å². The summed E-state index contributed by atoms with van der Waals surface area (Å²) >= 11 is 1.10. The molecule has 18 nitrogen and oxygen atoms in total. The number of phenols is 1. The monoisotopic (exact) mass is 985 g/mol. The van der Waals surface area contributed by atoms with E-state index in [0.717, 1.165) is 36.3 Å². The van der Waals surface area contributed by atoms with Crippen LogP contribution in [0.4, 0.5) is 4.79 Å². The van der Waals surface area contributed by atoms with E-state index in [-0.39, 0.29) is 65.9 Å². The van der Waals surface area contributed by atoms with Crippen LogP contribution < -0.4 is 16.0 Å². The van der Waals surface area contributed by atoms with E-state index in [2.05, 4.69) is 20.9 Å². The van der Waals surface area contributed by atoms with Crippen LogP contribution in [0.15, 0.2) is 23.6 Å². The normalized spacial score (nSPS) is 19.5. The highest BCUT2D eigenvalue weighted by atomic mass is 32.1. The summed E-state index contributed by atoms with van der Waals surface area (Å²) in [5.41, 5.74) is 0.617. The number of aromatic nitrogens is 1. The van der Waals surface area contributed by atoms with Crippen molar-refractivity contribution < 1.29 is 57.6 Å². The third-order valence-electron chi connectivity index (χ3n) is 12.4. The number of esters is 3. The molecule has 1 aromatic carbocycles. The summed E-state index contributed by atoms with van der Waals surface area (Å²) in [5.74, 6) is -4.40. The molecule has 8 atom stereocenters. The minimum Gasteiger partial charge on any atom is -0.508 e. The molecule has 0 radical (unpaired) electrons. The number of likely N-dealkylation sites (N-methyl/N-ethyl adjacent to an activating group) is 1. The number of piperidine rings is 1. The zero-order valence-corrected chi connectivity index (χ0v) is 43.4. The molecule has 0 saturated carbocycles. The number of hydrogen-bond donors (Lipinski definition) is 4. The molecule has 1 saturated heterocycles. The minimum absolute atomic E-state index is 0.00300. The van der Waals surface area contributed by atoms with Gasteiger partial charge in [-0.3, -0.25) is 33.7 Å². The zero-order valence-electron chi connectivity index (χ0n) is 42.5. The number of rotatable bonds is 21. The van der Waals surface area contributed by atoms with Crippen molar-refractivity contribution in [3.63, 3.8) is 0 Å². The van der Waals surface area contributed by atoms with Crippen LogP contribution in [0.2, 0.25) is 0 Å². The average Bonchev–Trinajstić information content (AvgIpc) is 3.76. The molecule has 1 aliphatic heterocycles. The second-order valence-electron chi connectivity index (χ2n) is 20.3. The van der Waals surface area contributed by atoms with Crippen molar-refractivity contribution in [1.29, 1.82) is 0 Å². The lowest BCUT2D eigenvalue weighted by Gasteiger charge is -2.39. The largest absolute Gasteiger partial charge is 0.508 e. The van der Waals surface area contributed by atoms with Gasteiger partial charge in [0.1, 0.15) is 34.2 Å². The van der Waals surface area contributed by atoms with Crippen molar-refractivity contribution in [3.05, 3.63) is 45.4 Å².